The second kappa shape index (κ2) is 7.50. The number of hydrogen-bond acceptors (Lipinski definition) is 4. The van der Waals surface area contributed by atoms with Crippen molar-refractivity contribution in [2.75, 3.05) is 27.3 Å². The standard InChI is InChI=1S/C16H27NO3/c1-16(2,3)8-9-17-11-14(18)13-10-12(19-4)6-7-15(13)20-5/h6-7,10,14,17-18H,8-9,11H2,1-5H3. The highest BCUT2D eigenvalue weighted by Crippen LogP contribution is 2.29. The van der Waals surface area contributed by atoms with Crippen LogP contribution in [0.5, 0.6) is 11.5 Å². The van der Waals surface area contributed by atoms with Gasteiger partial charge in [0.1, 0.15) is 11.5 Å². The SMILES string of the molecule is COc1ccc(OC)c(C(O)CNCCC(C)(C)C)c1. The van der Waals surface area contributed by atoms with E-state index >= 15 is 0 Å². The predicted molar refractivity (Wildman–Crippen MR) is 81.4 cm³/mol. The minimum atomic E-state index is -0.611. The van der Waals surface area contributed by atoms with Crippen LogP contribution in [0.25, 0.3) is 0 Å². The maximum absolute atomic E-state index is 10.3. The zero-order chi connectivity index (χ0) is 15.2. The summed E-state index contributed by atoms with van der Waals surface area (Å²) in [6.07, 6.45) is 0.453. The molecule has 0 aliphatic rings. The minimum Gasteiger partial charge on any atom is -0.497 e. The van der Waals surface area contributed by atoms with Crippen LogP contribution in [0.4, 0.5) is 0 Å². The fourth-order valence-corrected chi connectivity index (χ4v) is 1.91. The van der Waals surface area contributed by atoms with Crippen molar-refractivity contribution < 1.29 is 14.6 Å². The Morgan fingerprint density at radius 3 is 2.45 bits per heavy atom. The van der Waals surface area contributed by atoms with Crippen molar-refractivity contribution in [2.45, 2.75) is 33.3 Å². The van der Waals surface area contributed by atoms with Gasteiger partial charge in [0.25, 0.3) is 0 Å². The average molecular weight is 281 g/mol. The molecule has 0 aromatic heterocycles. The molecule has 4 heteroatoms. The Morgan fingerprint density at radius 1 is 1.20 bits per heavy atom. The summed E-state index contributed by atoms with van der Waals surface area (Å²) in [4.78, 5) is 0. The maximum Gasteiger partial charge on any atom is 0.124 e. The molecule has 1 aromatic rings. The van der Waals surface area contributed by atoms with E-state index in [2.05, 4.69) is 26.1 Å². The Hall–Kier alpha value is -1.26. The molecule has 0 bridgehead atoms. The maximum atomic E-state index is 10.3. The highest BCUT2D eigenvalue weighted by atomic mass is 16.5. The summed E-state index contributed by atoms with van der Waals surface area (Å²) in [5.74, 6) is 1.39. The van der Waals surface area contributed by atoms with E-state index in [4.69, 9.17) is 9.47 Å². The molecule has 4 nitrogen and oxygen atoms in total. The third-order valence-electron chi connectivity index (χ3n) is 3.19. The molecule has 0 amide bonds. The van der Waals surface area contributed by atoms with Crippen LogP contribution in [0.1, 0.15) is 38.9 Å². The monoisotopic (exact) mass is 281 g/mol. The Bertz CT molecular complexity index is 413. The van der Waals surface area contributed by atoms with Gasteiger partial charge in [0, 0.05) is 12.1 Å². The van der Waals surface area contributed by atoms with Crippen molar-refractivity contribution in [3.8, 4) is 11.5 Å². The molecule has 0 aliphatic carbocycles. The van der Waals surface area contributed by atoms with Gasteiger partial charge in [0.05, 0.1) is 20.3 Å². The molecule has 0 saturated carbocycles. The Kier molecular flexibility index (Phi) is 6.30. The molecule has 0 aliphatic heterocycles. The Labute approximate surface area is 122 Å². The van der Waals surface area contributed by atoms with Crippen molar-refractivity contribution in [1.82, 2.24) is 5.32 Å². The van der Waals surface area contributed by atoms with E-state index in [0.717, 1.165) is 24.3 Å². The molecule has 2 N–H and O–H groups in total. The van der Waals surface area contributed by atoms with E-state index in [0.29, 0.717) is 17.7 Å². The molecule has 20 heavy (non-hydrogen) atoms. The summed E-state index contributed by atoms with van der Waals surface area (Å²) >= 11 is 0. The molecule has 0 spiro atoms. The van der Waals surface area contributed by atoms with Gasteiger partial charge in [-0.25, -0.2) is 0 Å². The molecule has 1 unspecified atom stereocenters. The lowest BCUT2D eigenvalue weighted by atomic mass is 9.92. The van der Waals surface area contributed by atoms with E-state index in [1.165, 1.54) is 0 Å². The Morgan fingerprint density at radius 2 is 1.90 bits per heavy atom. The zero-order valence-electron chi connectivity index (χ0n) is 13.2. The Balaban J connectivity index is 2.60. The van der Waals surface area contributed by atoms with Gasteiger partial charge < -0.3 is 19.9 Å². The highest BCUT2D eigenvalue weighted by Gasteiger charge is 2.15. The van der Waals surface area contributed by atoms with Crippen LogP contribution in [0, 0.1) is 5.41 Å². The van der Waals surface area contributed by atoms with Crippen LogP contribution in [0.3, 0.4) is 0 Å². The first-order valence-electron chi connectivity index (χ1n) is 6.98. The quantitative estimate of drug-likeness (QED) is 0.755. The van der Waals surface area contributed by atoms with Crippen molar-refractivity contribution >= 4 is 0 Å². The largest absolute Gasteiger partial charge is 0.497 e. The van der Waals surface area contributed by atoms with Crippen molar-refractivity contribution in [1.29, 1.82) is 0 Å². The molecule has 0 heterocycles. The smallest absolute Gasteiger partial charge is 0.124 e. The number of hydrogen-bond donors (Lipinski definition) is 2. The molecule has 1 rings (SSSR count). The average Bonchev–Trinajstić information content (AvgIpc) is 2.41. The molecule has 0 saturated heterocycles. The predicted octanol–water partition coefficient (Wildman–Crippen LogP) is 2.76. The van der Waals surface area contributed by atoms with Crippen molar-refractivity contribution in [3.63, 3.8) is 0 Å². The summed E-state index contributed by atoms with van der Waals surface area (Å²) in [6.45, 7) is 8.00. The summed E-state index contributed by atoms with van der Waals surface area (Å²) in [5.41, 5.74) is 1.04. The molecule has 1 aromatic carbocycles. The number of benzene rings is 1. The van der Waals surface area contributed by atoms with Gasteiger partial charge in [-0.3, -0.25) is 0 Å². The van der Waals surface area contributed by atoms with Gasteiger partial charge in [0.15, 0.2) is 0 Å². The van der Waals surface area contributed by atoms with Gasteiger partial charge in [-0.15, -0.1) is 0 Å². The topological polar surface area (TPSA) is 50.7 Å². The number of ether oxygens (including phenoxy) is 2. The van der Waals surface area contributed by atoms with Crippen molar-refractivity contribution in [2.24, 2.45) is 5.41 Å². The van der Waals surface area contributed by atoms with Crippen LogP contribution in [0.2, 0.25) is 0 Å². The van der Waals surface area contributed by atoms with Crippen LogP contribution in [0.15, 0.2) is 18.2 Å². The van der Waals surface area contributed by atoms with Crippen LogP contribution >= 0.6 is 0 Å². The molecular formula is C16H27NO3. The molecular weight excluding hydrogens is 254 g/mol. The van der Waals surface area contributed by atoms with E-state index in [-0.39, 0.29) is 0 Å². The van der Waals surface area contributed by atoms with Crippen LogP contribution in [-0.4, -0.2) is 32.4 Å². The van der Waals surface area contributed by atoms with Gasteiger partial charge in [-0.2, -0.15) is 0 Å². The van der Waals surface area contributed by atoms with Crippen LogP contribution < -0.4 is 14.8 Å². The van der Waals surface area contributed by atoms with Gasteiger partial charge in [-0.1, -0.05) is 20.8 Å². The van der Waals surface area contributed by atoms with Crippen LogP contribution in [-0.2, 0) is 0 Å². The number of nitrogens with one attached hydrogen (secondary N) is 1. The van der Waals surface area contributed by atoms with E-state index in [1.54, 1.807) is 14.2 Å². The van der Waals surface area contributed by atoms with Gasteiger partial charge >= 0.3 is 0 Å². The number of methoxy groups -OCH3 is 2. The van der Waals surface area contributed by atoms with E-state index < -0.39 is 6.10 Å². The summed E-state index contributed by atoms with van der Waals surface area (Å²) in [7, 11) is 3.21. The molecule has 1 atom stereocenters. The van der Waals surface area contributed by atoms with E-state index in [1.807, 2.05) is 18.2 Å². The number of rotatable bonds is 7. The normalized spacial score (nSPS) is 13.1. The summed E-state index contributed by atoms with van der Waals surface area (Å²) in [5, 5.41) is 13.6. The second-order valence-electron chi connectivity index (χ2n) is 6.14. The molecule has 0 radical (unpaired) electrons. The first-order chi connectivity index (χ1) is 9.37. The zero-order valence-corrected chi connectivity index (χ0v) is 13.2. The fourth-order valence-electron chi connectivity index (χ4n) is 1.91. The summed E-state index contributed by atoms with van der Waals surface area (Å²) < 4.78 is 10.5. The first kappa shape index (κ1) is 16.8. The first-order valence-corrected chi connectivity index (χ1v) is 6.98. The molecule has 0 fully saturated rings. The van der Waals surface area contributed by atoms with Gasteiger partial charge in [-0.05, 0) is 36.6 Å². The highest BCUT2D eigenvalue weighted by molar-refractivity contribution is 5.41. The number of aliphatic hydroxyl groups excluding tert-OH is 1. The van der Waals surface area contributed by atoms with E-state index in [9.17, 15) is 5.11 Å². The lowest BCUT2D eigenvalue weighted by Gasteiger charge is -2.20. The van der Waals surface area contributed by atoms with Gasteiger partial charge in [0.2, 0.25) is 0 Å². The summed E-state index contributed by atoms with van der Waals surface area (Å²) in [6, 6.07) is 5.45. The lowest BCUT2D eigenvalue weighted by Crippen LogP contribution is -2.25. The second-order valence-corrected chi connectivity index (χ2v) is 6.14. The fraction of sp³-hybridized carbons (Fsp3) is 0.625. The number of aliphatic hydroxyl groups is 1. The third kappa shape index (κ3) is 5.39. The lowest BCUT2D eigenvalue weighted by molar-refractivity contribution is 0.168. The minimum absolute atomic E-state index is 0.297. The van der Waals surface area contributed by atoms with Crippen molar-refractivity contribution in [3.05, 3.63) is 23.8 Å². The third-order valence-corrected chi connectivity index (χ3v) is 3.19. The molecule has 114 valence electrons.